The molecule has 11 rings (SSSR count). The molecule has 2 heterocycles. The average Bonchev–Trinajstić information content (AvgIpc) is 3.68. The second-order valence-corrected chi connectivity index (χ2v) is 15.3. The van der Waals surface area contributed by atoms with E-state index >= 15 is 0 Å². The van der Waals surface area contributed by atoms with Crippen LogP contribution >= 0.6 is 0 Å². The number of hydrogen-bond acceptors (Lipinski definition) is 3. The first kappa shape index (κ1) is 35.9. The van der Waals surface area contributed by atoms with E-state index < -0.39 is 0 Å². The number of nitrogens with zero attached hydrogens (tertiary/aromatic N) is 4. The summed E-state index contributed by atoms with van der Waals surface area (Å²) in [5.74, 6) is 1.88. The molecular weight excluding hydrogens is 741 g/mol. The van der Waals surface area contributed by atoms with Crippen LogP contribution in [0.4, 0.5) is 0 Å². The van der Waals surface area contributed by atoms with Gasteiger partial charge in [0.1, 0.15) is 0 Å². The van der Waals surface area contributed by atoms with Gasteiger partial charge in [0.2, 0.25) is 0 Å². The summed E-state index contributed by atoms with van der Waals surface area (Å²) in [5, 5.41) is 2.34. The normalized spacial score (nSPS) is 11.3. The van der Waals surface area contributed by atoms with Gasteiger partial charge in [-0.25, -0.2) is 15.0 Å². The lowest BCUT2D eigenvalue weighted by Gasteiger charge is -2.12. The molecule has 0 saturated heterocycles. The maximum absolute atomic E-state index is 5.16. The van der Waals surface area contributed by atoms with Gasteiger partial charge in [-0.1, -0.05) is 200 Å². The molecule has 11 aromatic rings. The molecule has 0 aliphatic carbocycles. The molecular formula is C57H38N4. The van der Waals surface area contributed by atoms with Crippen LogP contribution in [0.3, 0.4) is 0 Å². The van der Waals surface area contributed by atoms with Crippen LogP contribution in [0.5, 0.6) is 0 Å². The second-order valence-electron chi connectivity index (χ2n) is 15.3. The van der Waals surface area contributed by atoms with Crippen molar-refractivity contribution < 1.29 is 0 Å². The predicted molar refractivity (Wildman–Crippen MR) is 252 cm³/mol. The Bertz CT molecular complexity index is 3300. The van der Waals surface area contributed by atoms with Crippen LogP contribution < -0.4 is 0 Å². The van der Waals surface area contributed by atoms with Crippen LogP contribution in [-0.4, -0.2) is 19.5 Å². The molecule has 0 radical (unpaired) electrons. The van der Waals surface area contributed by atoms with E-state index in [1.165, 1.54) is 38.8 Å². The molecule has 0 aliphatic heterocycles. The Kier molecular flexibility index (Phi) is 9.14. The largest absolute Gasteiger partial charge is 0.309 e. The lowest BCUT2D eigenvalue weighted by molar-refractivity contribution is 1.07. The summed E-state index contributed by atoms with van der Waals surface area (Å²) in [6.45, 7) is 0. The number of fused-ring (bicyclic) bond motifs is 3. The Labute approximate surface area is 354 Å². The Hall–Kier alpha value is -8.21. The van der Waals surface area contributed by atoms with Crippen molar-refractivity contribution in [1.82, 2.24) is 19.5 Å². The molecule has 9 aromatic carbocycles. The van der Waals surface area contributed by atoms with E-state index in [0.29, 0.717) is 17.5 Å². The van der Waals surface area contributed by atoms with E-state index in [1.54, 1.807) is 0 Å². The molecule has 0 fully saturated rings. The van der Waals surface area contributed by atoms with Crippen LogP contribution in [0.25, 0.3) is 106 Å². The SMILES string of the molecule is c1ccc(-c2ccc(-c3nc(-c4ccccc4)nc(-c4ccc5c6ccc(-c7ccccc7)cc6n(-c6ccc(-c7cccc(-c8ccccc8)c7)cc6)c5c4)n3)cc2)cc1. The minimum atomic E-state index is 0.619. The lowest BCUT2D eigenvalue weighted by atomic mass is 9.99. The highest BCUT2D eigenvalue weighted by atomic mass is 15.0. The summed E-state index contributed by atoms with van der Waals surface area (Å²) in [6.07, 6.45) is 0. The number of benzene rings is 9. The van der Waals surface area contributed by atoms with Crippen molar-refractivity contribution >= 4 is 21.8 Å². The molecule has 4 heteroatoms. The number of aromatic nitrogens is 4. The molecule has 0 unspecified atom stereocenters. The van der Waals surface area contributed by atoms with Gasteiger partial charge < -0.3 is 4.57 Å². The van der Waals surface area contributed by atoms with E-state index in [9.17, 15) is 0 Å². The molecule has 0 bridgehead atoms. The first-order valence-electron chi connectivity index (χ1n) is 20.6. The quantitative estimate of drug-likeness (QED) is 0.154. The Balaban J connectivity index is 1.06. The molecule has 61 heavy (non-hydrogen) atoms. The highest BCUT2D eigenvalue weighted by Crippen LogP contribution is 2.38. The first-order valence-corrected chi connectivity index (χ1v) is 20.6. The van der Waals surface area contributed by atoms with Gasteiger partial charge in [-0.05, 0) is 74.8 Å². The van der Waals surface area contributed by atoms with Crippen LogP contribution in [0, 0.1) is 0 Å². The molecule has 0 spiro atoms. The fraction of sp³-hybridized carbons (Fsp3) is 0. The third kappa shape index (κ3) is 6.96. The van der Waals surface area contributed by atoms with E-state index in [0.717, 1.165) is 49.9 Å². The molecule has 0 N–H and O–H groups in total. The highest BCUT2D eigenvalue weighted by Gasteiger charge is 2.18. The fourth-order valence-electron chi connectivity index (χ4n) is 8.35. The maximum Gasteiger partial charge on any atom is 0.164 e. The predicted octanol–water partition coefficient (Wildman–Crippen LogP) is 14.6. The van der Waals surface area contributed by atoms with E-state index in [1.807, 2.05) is 36.4 Å². The van der Waals surface area contributed by atoms with E-state index in [2.05, 4.69) is 199 Å². The number of rotatable bonds is 8. The summed E-state index contributed by atoms with van der Waals surface area (Å²) >= 11 is 0. The molecule has 4 nitrogen and oxygen atoms in total. The van der Waals surface area contributed by atoms with Crippen molar-refractivity contribution in [2.75, 3.05) is 0 Å². The summed E-state index contributed by atoms with van der Waals surface area (Å²) in [6, 6.07) is 81.3. The third-order valence-electron chi connectivity index (χ3n) is 11.5. The minimum absolute atomic E-state index is 0.619. The molecule has 0 amide bonds. The fourth-order valence-corrected chi connectivity index (χ4v) is 8.35. The second kappa shape index (κ2) is 15.5. The van der Waals surface area contributed by atoms with E-state index in [4.69, 9.17) is 15.0 Å². The standard InChI is InChI=1S/C57H38N4/c1-5-14-39(15-6-1)42-24-26-45(27-25-42)56-58-55(44-20-11-4-12-21-44)59-57(60-56)49-31-35-52-51-34-30-48(41-18-9-3-10-19-41)37-53(51)61(54(52)38-49)50-32-28-43(29-33-50)47-23-13-22-46(36-47)40-16-7-2-8-17-40/h1-38H. The zero-order chi connectivity index (χ0) is 40.5. The highest BCUT2D eigenvalue weighted by molar-refractivity contribution is 6.11. The maximum atomic E-state index is 5.16. The topological polar surface area (TPSA) is 43.6 Å². The van der Waals surface area contributed by atoms with Crippen LogP contribution in [-0.2, 0) is 0 Å². The van der Waals surface area contributed by atoms with Gasteiger partial charge >= 0.3 is 0 Å². The third-order valence-corrected chi connectivity index (χ3v) is 11.5. The van der Waals surface area contributed by atoms with Gasteiger partial charge in [0.05, 0.1) is 11.0 Å². The minimum Gasteiger partial charge on any atom is -0.309 e. The summed E-state index contributed by atoms with van der Waals surface area (Å²) in [4.78, 5) is 15.3. The molecule has 0 saturated carbocycles. The van der Waals surface area contributed by atoms with Gasteiger partial charge in [0.15, 0.2) is 17.5 Å². The van der Waals surface area contributed by atoms with Crippen molar-refractivity contribution in [1.29, 1.82) is 0 Å². The van der Waals surface area contributed by atoms with Crippen molar-refractivity contribution in [3.8, 4) is 84.4 Å². The zero-order valence-electron chi connectivity index (χ0n) is 33.2. The molecule has 0 atom stereocenters. The smallest absolute Gasteiger partial charge is 0.164 e. The molecule has 2 aromatic heterocycles. The van der Waals surface area contributed by atoms with Crippen molar-refractivity contribution in [3.63, 3.8) is 0 Å². The van der Waals surface area contributed by atoms with Crippen LogP contribution in [0.2, 0.25) is 0 Å². The van der Waals surface area contributed by atoms with Gasteiger partial charge in [-0.2, -0.15) is 0 Å². The molecule has 286 valence electrons. The van der Waals surface area contributed by atoms with Crippen LogP contribution in [0.15, 0.2) is 231 Å². The molecule has 0 aliphatic rings. The average molecular weight is 779 g/mol. The summed E-state index contributed by atoms with van der Waals surface area (Å²) in [7, 11) is 0. The Morgan fingerprint density at radius 1 is 0.230 bits per heavy atom. The van der Waals surface area contributed by atoms with Crippen molar-refractivity contribution in [3.05, 3.63) is 231 Å². The Morgan fingerprint density at radius 3 is 1.07 bits per heavy atom. The van der Waals surface area contributed by atoms with Gasteiger partial charge in [-0.3, -0.25) is 0 Å². The number of hydrogen-bond donors (Lipinski definition) is 0. The lowest BCUT2D eigenvalue weighted by Crippen LogP contribution is -2.00. The summed E-state index contributed by atoms with van der Waals surface area (Å²) in [5.41, 5.74) is 15.5. The van der Waals surface area contributed by atoms with Gasteiger partial charge in [-0.15, -0.1) is 0 Å². The van der Waals surface area contributed by atoms with Crippen LogP contribution in [0.1, 0.15) is 0 Å². The van der Waals surface area contributed by atoms with Crippen molar-refractivity contribution in [2.24, 2.45) is 0 Å². The van der Waals surface area contributed by atoms with Crippen molar-refractivity contribution in [2.45, 2.75) is 0 Å². The summed E-state index contributed by atoms with van der Waals surface area (Å²) < 4.78 is 2.38. The van der Waals surface area contributed by atoms with Gasteiger partial charge in [0.25, 0.3) is 0 Å². The Morgan fingerprint density at radius 2 is 0.541 bits per heavy atom. The zero-order valence-corrected chi connectivity index (χ0v) is 33.2. The monoisotopic (exact) mass is 778 g/mol. The van der Waals surface area contributed by atoms with E-state index in [-0.39, 0.29) is 0 Å². The van der Waals surface area contributed by atoms with Gasteiger partial charge in [0, 0.05) is 33.2 Å². The first-order chi connectivity index (χ1) is 30.2.